The van der Waals surface area contributed by atoms with Gasteiger partial charge < -0.3 is 0 Å². The van der Waals surface area contributed by atoms with E-state index in [9.17, 15) is 132 Å². The highest BCUT2D eigenvalue weighted by molar-refractivity contribution is 6.96. The summed E-state index contributed by atoms with van der Waals surface area (Å²) < 4.78 is 403. The summed E-state index contributed by atoms with van der Waals surface area (Å²) in [7, 11) is 0. The third-order valence-corrected chi connectivity index (χ3v) is 16.0. The van der Waals surface area contributed by atoms with Gasteiger partial charge in [0, 0.05) is 0 Å². The van der Waals surface area contributed by atoms with Crippen LogP contribution in [0.3, 0.4) is 0 Å². The number of nitrogens with one attached hydrogen (secondary N) is 1. The lowest BCUT2D eigenvalue weighted by molar-refractivity contribution is 0.380. The lowest BCUT2D eigenvalue weighted by atomic mass is 10.3. The van der Waals surface area contributed by atoms with Gasteiger partial charge in [0.1, 0.15) is 12.7 Å². The Kier molecular flexibility index (Phi) is 16.9. The molecule has 0 saturated heterocycles. The van der Waals surface area contributed by atoms with Crippen LogP contribution in [-0.4, -0.2) is 43.5 Å². The van der Waals surface area contributed by atoms with Gasteiger partial charge in [-0.3, -0.25) is 5.10 Å². The second-order valence-electron chi connectivity index (χ2n) is 13.4. The van der Waals surface area contributed by atoms with Crippen LogP contribution >= 0.6 is 0 Å². The Hall–Kier alpha value is -6.58. The lowest BCUT2D eigenvalue weighted by Crippen LogP contribution is -2.60. The summed E-state index contributed by atoms with van der Waals surface area (Å²) in [5, 5.41) is 5.99. The van der Waals surface area contributed by atoms with Gasteiger partial charge in [0.15, 0.2) is 175 Å². The molecular weight excluding hydrogens is 1120 g/mol. The fourth-order valence-corrected chi connectivity index (χ4v) is 12.6. The fourth-order valence-electron chi connectivity index (χ4n) is 6.28. The van der Waals surface area contributed by atoms with Crippen LogP contribution in [0.25, 0.3) is 0 Å². The van der Waals surface area contributed by atoms with Crippen LogP contribution in [0.2, 0.25) is 0 Å². The van der Waals surface area contributed by atoms with Crippen molar-refractivity contribution in [2.24, 2.45) is 0 Å². The van der Waals surface area contributed by atoms with Gasteiger partial charge in [-0.05, 0) is 26.6 Å². The predicted molar refractivity (Wildman–Crippen MR) is 183 cm³/mol. The largest absolute Gasteiger partial charge is 0.413 e. The topological polar surface area (TPSA) is 41.6 Å². The lowest BCUT2D eigenvalue weighted by Gasteiger charge is -2.20. The zero-order valence-electron chi connectivity index (χ0n) is 33.0. The maximum Gasteiger partial charge on any atom is 0.413 e. The standard InChI is InChI=1S/6C6F5.C2H3N3.2Al/c6*7-2-1-3(8)5(10)6(11)4(2)9;1-3-2-5-4-1;;/h;;;;;;1-2H,(H,3,4,5);;. The molecule has 1 aromatic heterocycles. The Balaban J connectivity index is 0.000000246. The molecule has 386 valence electrons. The zero-order valence-corrected chi connectivity index (χ0v) is 35.4. The van der Waals surface area contributed by atoms with E-state index in [1.165, 1.54) is 12.7 Å². The molecule has 0 aliphatic carbocycles. The molecule has 0 fully saturated rings. The van der Waals surface area contributed by atoms with Gasteiger partial charge in [-0.2, -0.15) is 5.10 Å². The van der Waals surface area contributed by atoms with Crippen molar-refractivity contribution in [1.29, 1.82) is 0 Å². The Bertz CT molecular complexity index is 2660. The van der Waals surface area contributed by atoms with Crippen molar-refractivity contribution < 1.29 is 132 Å². The monoisotopic (exact) mass is 1120 g/mol. The van der Waals surface area contributed by atoms with Crippen LogP contribution < -0.4 is 26.6 Å². The molecule has 0 unspecified atom stereocenters. The number of aromatic nitrogens is 3. The number of aromatic amines is 1. The molecule has 6 aromatic carbocycles. The van der Waals surface area contributed by atoms with Crippen molar-refractivity contribution in [2.75, 3.05) is 0 Å². The maximum atomic E-state index is 14.4. The average molecular weight is 1130 g/mol. The van der Waals surface area contributed by atoms with Gasteiger partial charge in [-0.25, -0.2) is 137 Å². The molecule has 7 rings (SSSR count). The molecule has 0 spiro atoms. The average Bonchev–Trinajstić information content (AvgIpc) is 3.97. The number of benzene rings is 6. The van der Waals surface area contributed by atoms with E-state index >= 15 is 0 Å². The summed E-state index contributed by atoms with van der Waals surface area (Å²) in [5.74, 6) is -89.2. The molecule has 1 heterocycles. The van der Waals surface area contributed by atoms with Gasteiger partial charge in [0.25, 0.3) is 0 Å². The summed E-state index contributed by atoms with van der Waals surface area (Å²) >= 11 is -11.9. The molecule has 0 bridgehead atoms. The number of hydrogen-bond donors (Lipinski definition) is 1. The Labute approximate surface area is 388 Å². The van der Waals surface area contributed by atoms with Gasteiger partial charge in [0.2, 0.25) is 0 Å². The van der Waals surface area contributed by atoms with E-state index in [0.717, 1.165) is 0 Å². The van der Waals surface area contributed by atoms with Crippen molar-refractivity contribution in [3.63, 3.8) is 0 Å². The summed E-state index contributed by atoms with van der Waals surface area (Å²) in [6, 6.07) is 0. The van der Waals surface area contributed by atoms with Gasteiger partial charge in [-0.15, -0.1) is 0 Å². The van der Waals surface area contributed by atoms with Gasteiger partial charge in [-0.1, -0.05) is 0 Å². The Morgan fingerprint density at radius 1 is 0.205 bits per heavy atom. The third-order valence-electron chi connectivity index (χ3n) is 9.53. The quantitative estimate of drug-likeness (QED) is 0.0788. The molecular formula is C38H3Al2F30N3. The summed E-state index contributed by atoms with van der Waals surface area (Å²) in [6.07, 6.45) is 2.96. The molecule has 0 atom stereocenters. The first-order valence-electron chi connectivity index (χ1n) is 17.7. The molecule has 3 nitrogen and oxygen atoms in total. The van der Waals surface area contributed by atoms with Crippen LogP contribution in [0.15, 0.2) is 12.7 Å². The molecule has 7 aromatic rings. The first kappa shape index (κ1) is 57.3. The molecule has 0 aliphatic rings. The SMILES string of the molecule is Fc1c(F)c(F)[c]([Al]([c]2c(F)c(F)c(F)c(F)c2F)[c]2c(F)c(F)c(F)c(F)c2F)c(F)c1F.Fc1c(F)c(F)[c]([Al]([c]2c(F)c(F)c(F)c(F)c2F)[c]2c(F)c(F)c(F)c(F)c2F)c(F)c1F.c1nc[nH]n1. The van der Waals surface area contributed by atoms with Crippen molar-refractivity contribution in [3.05, 3.63) is 187 Å². The minimum atomic E-state index is -5.96. The fraction of sp³-hybridized carbons (Fsp3) is 0. The van der Waals surface area contributed by atoms with E-state index in [1.54, 1.807) is 0 Å². The predicted octanol–water partition coefficient (Wildman–Crippen LogP) is 8.38. The van der Waals surface area contributed by atoms with Gasteiger partial charge in [0.05, 0.1) is 0 Å². The summed E-state index contributed by atoms with van der Waals surface area (Å²) in [4.78, 5) is 3.56. The second-order valence-corrected chi connectivity index (χ2v) is 18.6. The number of halogens is 30. The van der Waals surface area contributed by atoms with E-state index < -0.39 is 229 Å². The highest BCUT2D eigenvalue weighted by atomic mass is 27.2. The van der Waals surface area contributed by atoms with E-state index in [2.05, 4.69) is 15.2 Å². The smallest absolute Gasteiger partial charge is 0.266 e. The second kappa shape index (κ2) is 21.5. The van der Waals surface area contributed by atoms with Crippen LogP contribution in [0.5, 0.6) is 0 Å². The van der Waals surface area contributed by atoms with E-state index in [1.807, 2.05) is 0 Å². The first-order chi connectivity index (χ1) is 33.8. The maximum absolute atomic E-state index is 14.4. The number of rotatable bonds is 6. The highest BCUT2D eigenvalue weighted by Gasteiger charge is 2.49. The van der Waals surface area contributed by atoms with Crippen LogP contribution in [0.4, 0.5) is 132 Å². The van der Waals surface area contributed by atoms with Crippen LogP contribution in [0, 0.1) is 175 Å². The van der Waals surface area contributed by atoms with Gasteiger partial charge >= 0.3 is 28.3 Å². The summed E-state index contributed by atoms with van der Waals surface area (Å²) in [5.41, 5.74) is 0. The minimum absolute atomic E-state index is 1.44. The highest BCUT2D eigenvalue weighted by Crippen LogP contribution is 2.26. The Morgan fingerprint density at radius 3 is 0.411 bits per heavy atom. The van der Waals surface area contributed by atoms with Crippen LogP contribution in [0.1, 0.15) is 0 Å². The van der Waals surface area contributed by atoms with Crippen LogP contribution in [-0.2, 0) is 0 Å². The summed E-state index contributed by atoms with van der Waals surface area (Å²) in [6.45, 7) is 0. The minimum Gasteiger partial charge on any atom is -0.266 e. The van der Waals surface area contributed by atoms with Crippen molar-refractivity contribution >= 4 is 54.8 Å². The number of nitrogens with zero attached hydrogens (tertiary/aromatic N) is 2. The molecule has 35 heteroatoms. The molecule has 0 saturated carbocycles. The van der Waals surface area contributed by atoms with E-state index in [4.69, 9.17) is 0 Å². The van der Waals surface area contributed by atoms with E-state index in [0.29, 0.717) is 0 Å². The van der Waals surface area contributed by atoms with E-state index in [-0.39, 0.29) is 0 Å². The molecule has 1 N–H and O–H groups in total. The molecule has 0 aliphatic heterocycles. The third kappa shape index (κ3) is 9.50. The molecule has 0 radical (unpaired) electrons. The first-order valence-corrected chi connectivity index (χ1v) is 21.2. The Morgan fingerprint density at radius 2 is 0.329 bits per heavy atom. The number of hydrogen-bond acceptors (Lipinski definition) is 2. The van der Waals surface area contributed by atoms with Crippen molar-refractivity contribution in [2.45, 2.75) is 0 Å². The molecule has 0 amide bonds. The number of H-pyrrole nitrogens is 1. The van der Waals surface area contributed by atoms with Crippen molar-refractivity contribution in [3.8, 4) is 0 Å². The molecule has 73 heavy (non-hydrogen) atoms. The zero-order chi connectivity index (χ0) is 55.5. The normalized spacial score (nSPS) is 11.2. The van der Waals surface area contributed by atoms with Crippen molar-refractivity contribution in [1.82, 2.24) is 15.2 Å².